The number of rotatable bonds is 13. The molecule has 1 aliphatic rings. The highest BCUT2D eigenvalue weighted by Crippen LogP contribution is 2.34. The van der Waals surface area contributed by atoms with Crippen molar-refractivity contribution >= 4 is 49.1 Å². The van der Waals surface area contributed by atoms with Crippen LogP contribution in [0.1, 0.15) is 31.9 Å². The summed E-state index contributed by atoms with van der Waals surface area (Å²) in [5, 5.41) is 2.79. The Kier molecular flexibility index (Phi) is 11.0. The van der Waals surface area contributed by atoms with Crippen molar-refractivity contribution in [3.05, 3.63) is 102 Å². The average Bonchev–Trinajstić information content (AvgIpc) is 3.06. The van der Waals surface area contributed by atoms with E-state index in [0.717, 1.165) is 22.4 Å². The molecule has 15 heteroatoms. The van der Waals surface area contributed by atoms with Crippen LogP contribution >= 0.6 is 0 Å². The van der Waals surface area contributed by atoms with Crippen LogP contribution in [0.15, 0.2) is 106 Å². The predicted molar refractivity (Wildman–Crippen MR) is 192 cm³/mol. The Bertz CT molecular complexity index is 2190. The van der Waals surface area contributed by atoms with Crippen molar-refractivity contribution < 1.29 is 40.6 Å². The summed E-state index contributed by atoms with van der Waals surface area (Å²) in [4.78, 5) is 30.1. The maximum atomic E-state index is 14.3. The second-order valence-corrected chi connectivity index (χ2v) is 15.4. The highest BCUT2D eigenvalue weighted by molar-refractivity contribution is 7.90. The third kappa shape index (κ3) is 8.67. The second kappa shape index (κ2) is 15.2. The Morgan fingerprint density at radius 1 is 0.882 bits per heavy atom. The molecule has 0 saturated carbocycles. The summed E-state index contributed by atoms with van der Waals surface area (Å²) >= 11 is 0. The molecular formula is C36H38N4O9S2. The number of fused-ring (bicyclic) bond motifs is 1. The Morgan fingerprint density at radius 2 is 1.57 bits per heavy atom. The molecule has 0 radical (unpaired) electrons. The molecule has 0 aromatic heterocycles. The summed E-state index contributed by atoms with van der Waals surface area (Å²) in [7, 11) is -8.46. The van der Waals surface area contributed by atoms with Gasteiger partial charge >= 0.3 is 0 Å². The van der Waals surface area contributed by atoms with Gasteiger partial charge in [0.1, 0.15) is 28.8 Å². The van der Waals surface area contributed by atoms with E-state index < -0.39 is 38.0 Å². The number of anilines is 1. The smallest absolute Gasteiger partial charge is 0.273 e. The van der Waals surface area contributed by atoms with E-state index in [-0.39, 0.29) is 46.3 Å². The molecule has 4 aromatic rings. The van der Waals surface area contributed by atoms with Crippen molar-refractivity contribution in [3.63, 3.8) is 0 Å². The number of aryl methyl sites for hydroxylation is 2. The Balaban J connectivity index is 1.56. The molecule has 2 N–H and O–H groups in total. The van der Waals surface area contributed by atoms with Crippen molar-refractivity contribution in [3.8, 4) is 17.2 Å². The fourth-order valence-electron chi connectivity index (χ4n) is 5.24. The van der Waals surface area contributed by atoms with E-state index in [1.807, 2.05) is 44.5 Å². The summed E-state index contributed by atoms with van der Waals surface area (Å²) in [6, 6.07) is 23.4. The van der Waals surface area contributed by atoms with Crippen LogP contribution in [-0.4, -0.2) is 64.2 Å². The van der Waals surface area contributed by atoms with Crippen molar-refractivity contribution in [2.24, 2.45) is 4.99 Å². The molecule has 1 unspecified atom stereocenters. The number of nitrogens with one attached hydrogen (secondary N) is 2. The van der Waals surface area contributed by atoms with Crippen LogP contribution in [0.2, 0.25) is 0 Å². The zero-order valence-electron chi connectivity index (χ0n) is 28.6. The van der Waals surface area contributed by atoms with Gasteiger partial charge in [-0.15, -0.1) is 0 Å². The first kappa shape index (κ1) is 36.9. The van der Waals surface area contributed by atoms with Crippen LogP contribution in [0.5, 0.6) is 17.2 Å². The molecule has 1 atom stereocenters. The number of ether oxygens (including phenoxy) is 3. The quantitative estimate of drug-likeness (QED) is 0.189. The highest BCUT2D eigenvalue weighted by Gasteiger charge is 2.41. The molecule has 4 aromatic carbocycles. The molecule has 2 amide bonds. The monoisotopic (exact) mass is 734 g/mol. The van der Waals surface area contributed by atoms with E-state index in [1.54, 1.807) is 42.5 Å². The van der Waals surface area contributed by atoms with Gasteiger partial charge in [0.2, 0.25) is 12.0 Å². The van der Waals surface area contributed by atoms with Crippen LogP contribution < -0.4 is 24.2 Å². The molecule has 268 valence electrons. The average molecular weight is 735 g/mol. The Morgan fingerprint density at radius 3 is 2.25 bits per heavy atom. The Hall–Kier alpha value is -5.41. The lowest BCUT2D eigenvalue weighted by Crippen LogP contribution is -2.52. The molecule has 13 nitrogen and oxygen atoms in total. The van der Waals surface area contributed by atoms with Crippen LogP contribution in [0.25, 0.3) is 0 Å². The van der Waals surface area contributed by atoms with Crippen LogP contribution in [0.3, 0.4) is 0 Å². The third-order valence-electron chi connectivity index (χ3n) is 7.45. The molecule has 0 spiro atoms. The number of para-hydroxylation sites is 3. The van der Waals surface area contributed by atoms with Gasteiger partial charge in [-0.25, -0.2) is 30.9 Å². The van der Waals surface area contributed by atoms with E-state index in [4.69, 9.17) is 14.2 Å². The SMILES string of the molecule is CC(=O)NS(=O)(=O)c1ccc(OC(C(=O)Nc2ccccc2OC(C)C)C2=Nc3ccccc3S(=O)(=O)N2CCOc2ccc(C)cc2C)cc1. The summed E-state index contributed by atoms with van der Waals surface area (Å²) < 4.78 is 74.5. The van der Waals surface area contributed by atoms with Crippen molar-refractivity contribution in [1.82, 2.24) is 9.03 Å². The Labute approximate surface area is 297 Å². The largest absolute Gasteiger partial charge is 0.491 e. The molecule has 0 bridgehead atoms. The number of amidine groups is 1. The molecule has 51 heavy (non-hydrogen) atoms. The number of carbonyl (C=O) groups excluding carboxylic acids is 2. The van der Waals surface area contributed by atoms with E-state index in [9.17, 15) is 26.4 Å². The van der Waals surface area contributed by atoms with Crippen molar-refractivity contribution in [1.29, 1.82) is 0 Å². The predicted octanol–water partition coefficient (Wildman–Crippen LogP) is 5.12. The minimum Gasteiger partial charge on any atom is -0.491 e. The third-order valence-corrected chi connectivity index (χ3v) is 10.8. The number of hydrogen-bond acceptors (Lipinski definition) is 10. The first-order chi connectivity index (χ1) is 24.2. The summed E-state index contributed by atoms with van der Waals surface area (Å²) in [6.45, 7) is 8.22. The minimum absolute atomic E-state index is 0.00840. The fourth-order valence-corrected chi connectivity index (χ4v) is 7.80. The van der Waals surface area contributed by atoms with Crippen LogP contribution in [0.4, 0.5) is 11.4 Å². The topological polar surface area (TPSA) is 170 Å². The summed E-state index contributed by atoms with van der Waals surface area (Å²) in [5.41, 5.74) is 2.30. The van der Waals surface area contributed by atoms with E-state index in [0.29, 0.717) is 17.2 Å². The molecular weight excluding hydrogens is 697 g/mol. The molecule has 5 rings (SSSR count). The lowest BCUT2D eigenvalue weighted by molar-refractivity contribution is -0.120. The maximum Gasteiger partial charge on any atom is 0.273 e. The van der Waals surface area contributed by atoms with Gasteiger partial charge in [0.05, 0.1) is 28.9 Å². The molecule has 0 fully saturated rings. The standard InChI is InChI=1S/C36H38N4O9S2/c1-23(2)48-32-12-8-6-10-29(32)38-36(42)34(49-27-15-17-28(18-16-27)50(43,44)39-26(5)41)35-37-30-11-7-9-13-33(30)51(45,46)40(35)20-21-47-31-19-14-24(3)22-25(31)4/h6-19,22-23,34H,20-21H2,1-5H3,(H,38,42)(H,39,41). The van der Waals surface area contributed by atoms with Gasteiger partial charge in [-0.1, -0.05) is 42.0 Å². The van der Waals surface area contributed by atoms with Gasteiger partial charge in [-0.3, -0.25) is 9.59 Å². The number of aliphatic imine (C=N–C) groups is 1. The molecule has 1 heterocycles. The van der Waals surface area contributed by atoms with Crippen molar-refractivity contribution in [2.45, 2.75) is 56.6 Å². The van der Waals surface area contributed by atoms with Gasteiger partial charge in [-0.2, -0.15) is 0 Å². The number of carbonyl (C=O) groups is 2. The number of nitrogens with zero attached hydrogens (tertiary/aromatic N) is 2. The first-order valence-corrected chi connectivity index (χ1v) is 18.8. The fraction of sp³-hybridized carbons (Fsp3) is 0.250. The molecule has 0 saturated heterocycles. The van der Waals surface area contributed by atoms with Gasteiger partial charge in [-0.05, 0) is 87.9 Å². The lowest BCUT2D eigenvalue weighted by atomic mass is 10.1. The van der Waals surface area contributed by atoms with Gasteiger partial charge < -0.3 is 19.5 Å². The number of sulfonamides is 2. The van der Waals surface area contributed by atoms with E-state index in [2.05, 4.69) is 10.3 Å². The maximum absolute atomic E-state index is 14.3. The zero-order chi connectivity index (χ0) is 36.9. The van der Waals surface area contributed by atoms with Crippen molar-refractivity contribution in [2.75, 3.05) is 18.5 Å². The lowest BCUT2D eigenvalue weighted by Gasteiger charge is -2.33. The molecule has 0 aliphatic carbocycles. The highest BCUT2D eigenvalue weighted by atomic mass is 32.2. The zero-order valence-corrected chi connectivity index (χ0v) is 30.2. The number of benzene rings is 4. The van der Waals surface area contributed by atoms with E-state index >= 15 is 0 Å². The summed E-state index contributed by atoms with van der Waals surface area (Å²) in [5.74, 6) is -0.878. The van der Waals surface area contributed by atoms with Gasteiger partial charge in [0, 0.05) is 6.92 Å². The molecule has 1 aliphatic heterocycles. The normalized spacial score (nSPS) is 14.2. The first-order valence-electron chi connectivity index (χ1n) is 15.9. The van der Waals surface area contributed by atoms with E-state index in [1.165, 1.54) is 36.4 Å². The van der Waals surface area contributed by atoms with Gasteiger partial charge in [0.25, 0.3) is 26.0 Å². The number of amides is 2. The van der Waals surface area contributed by atoms with Crippen LogP contribution in [-0.2, 0) is 29.6 Å². The summed E-state index contributed by atoms with van der Waals surface area (Å²) in [6.07, 6.45) is -1.92. The number of hydrogen-bond donors (Lipinski definition) is 2. The second-order valence-electron chi connectivity index (χ2n) is 11.9. The van der Waals surface area contributed by atoms with Crippen LogP contribution in [0, 0.1) is 13.8 Å². The minimum atomic E-state index is -4.29. The van der Waals surface area contributed by atoms with Gasteiger partial charge in [0.15, 0.2) is 5.84 Å².